The molecule has 0 aromatic carbocycles. The van der Waals surface area contributed by atoms with E-state index in [9.17, 15) is 4.79 Å². The van der Waals surface area contributed by atoms with Crippen LogP contribution in [0.5, 0.6) is 0 Å². The largest absolute Gasteiger partial charge is 0.450 e. The zero-order valence-electron chi connectivity index (χ0n) is 5.23. The van der Waals surface area contributed by atoms with Crippen molar-refractivity contribution in [2.75, 3.05) is 13.3 Å². The molecule has 0 atom stereocenters. The molecule has 0 saturated heterocycles. The Bertz CT molecular complexity index is 72.8. The molecule has 0 radical (unpaired) electrons. The van der Waals surface area contributed by atoms with Crippen LogP contribution in [0.2, 0.25) is 0 Å². The molecule has 0 aromatic heterocycles. The third-order valence-electron chi connectivity index (χ3n) is 0.627. The molecule has 0 aliphatic rings. The molecule has 0 rings (SSSR count). The zero-order valence-corrected chi connectivity index (χ0v) is 5.23. The summed E-state index contributed by atoms with van der Waals surface area (Å²) in [7, 11) is 0. The van der Waals surface area contributed by atoms with E-state index in [-0.39, 0.29) is 5.97 Å². The van der Waals surface area contributed by atoms with Gasteiger partial charge in [0.25, 0.3) is 0 Å². The molecule has 0 aromatic rings. The Labute approximate surface area is 49.0 Å². The summed E-state index contributed by atoms with van der Waals surface area (Å²) in [5, 5.41) is 2.84. The molecule has 3 heteroatoms. The number of esters is 1. The fourth-order valence-corrected chi connectivity index (χ4v) is 0.255. The highest BCUT2D eigenvalue weighted by molar-refractivity contribution is 5.65. The maximum absolute atomic E-state index is 10.1. The third kappa shape index (κ3) is 5.43. The Hall–Kier alpha value is -0.570. The zero-order chi connectivity index (χ0) is 6.41. The Morgan fingerprint density at radius 3 is 2.75 bits per heavy atom. The number of carbonyl (C=O) groups excluding carboxylic acids is 1. The minimum atomic E-state index is -0.244. The second-order valence-electron chi connectivity index (χ2n) is 1.38. The minimum Gasteiger partial charge on any atom is -0.450 e. The van der Waals surface area contributed by atoms with Crippen molar-refractivity contribution in [1.29, 1.82) is 0 Å². The predicted molar refractivity (Wildman–Crippen MR) is 30.3 cm³/mol. The maximum atomic E-state index is 10.1. The topological polar surface area (TPSA) is 38.3 Å². The Morgan fingerprint density at radius 1 is 1.75 bits per heavy atom. The summed E-state index contributed by atoms with van der Waals surface area (Å²) in [6.07, 6.45) is 0. The third-order valence-corrected chi connectivity index (χ3v) is 0.627. The van der Waals surface area contributed by atoms with Crippen LogP contribution in [0.1, 0.15) is 13.8 Å². The van der Waals surface area contributed by atoms with Crippen LogP contribution in [-0.4, -0.2) is 19.2 Å². The van der Waals surface area contributed by atoms with Gasteiger partial charge >= 0.3 is 5.97 Å². The van der Waals surface area contributed by atoms with Crippen molar-refractivity contribution in [2.45, 2.75) is 13.8 Å². The Balaban J connectivity index is 2.82. The van der Waals surface area contributed by atoms with Gasteiger partial charge in [-0.05, 0) is 6.54 Å². The van der Waals surface area contributed by atoms with Crippen LogP contribution in [0.15, 0.2) is 0 Å². The van der Waals surface area contributed by atoms with E-state index in [2.05, 4.69) is 10.1 Å². The minimum absolute atomic E-state index is 0.244. The van der Waals surface area contributed by atoms with Crippen molar-refractivity contribution < 1.29 is 9.53 Å². The molecule has 3 nitrogen and oxygen atoms in total. The van der Waals surface area contributed by atoms with E-state index in [4.69, 9.17) is 0 Å². The number of carbonyl (C=O) groups is 1. The first-order chi connectivity index (χ1) is 3.77. The van der Waals surface area contributed by atoms with E-state index in [0.717, 1.165) is 6.54 Å². The lowest BCUT2D eigenvalue weighted by atomic mass is 10.7. The van der Waals surface area contributed by atoms with Crippen LogP contribution in [0.3, 0.4) is 0 Å². The van der Waals surface area contributed by atoms with Gasteiger partial charge in [-0.25, -0.2) is 0 Å². The molecule has 0 fully saturated rings. The van der Waals surface area contributed by atoms with E-state index in [1.165, 1.54) is 6.92 Å². The molecule has 1 N–H and O–H groups in total. The number of nitrogens with one attached hydrogen (secondary N) is 1. The number of rotatable bonds is 3. The van der Waals surface area contributed by atoms with Crippen molar-refractivity contribution in [3.63, 3.8) is 0 Å². The highest BCUT2D eigenvalue weighted by atomic mass is 16.5. The predicted octanol–water partition coefficient (Wildman–Crippen LogP) is 0.116. The number of hydrogen-bond donors (Lipinski definition) is 1. The van der Waals surface area contributed by atoms with E-state index in [1.54, 1.807) is 0 Å². The second kappa shape index (κ2) is 4.59. The molecule has 0 bridgehead atoms. The van der Waals surface area contributed by atoms with Crippen molar-refractivity contribution in [3.05, 3.63) is 0 Å². The normalized spacial score (nSPS) is 8.75. The van der Waals surface area contributed by atoms with Gasteiger partial charge in [0.15, 0.2) is 0 Å². The molecule has 0 heterocycles. The summed E-state index contributed by atoms with van der Waals surface area (Å²) in [5.74, 6) is -0.244. The number of hydrogen-bond acceptors (Lipinski definition) is 3. The lowest BCUT2D eigenvalue weighted by Crippen LogP contribution is -2.18. The molecule has 48 valence electrons. The van der Waals surface area contributed by atoms with Gasteiger partial charge in [0, 0.05) is 6.92 Å². The van der Waals surface area contributed by atoms with Crippen molar-refractivity contribution in [1.82, 2.24) is 5.32 Å². The molecule has 0 unspecified atom stereocenters. The van der Waals surface area contributed by atoms with Crippen LogP contribution in [0.25, 0.3) is 0 Å². The van der Waals surface area contributed by atoms with Crippen molar-refractivity contribution in [3.8, 4) is 0 Å². The highest BCUT2D eigenvalue weighted by Crippen LogP contribution is 1.69. The fraction of sp³-hybridized carbons (Fsp3) is 0.800. The summed E-state index contributed by atoms with van der Waals surface area (Å²) in [4.78, 5) is 10.1. The molecule has 0 amide bonds. The van der Waals surface area contributed by atoms with Gasteiger partial charge in [-0.1, -0.05) is 6.92 Å². The lowest BCUT2D eigenvalue weighted by molar-refractivity contribution is -0.141. The summed E-state index contributed by atoms with van der Waals surface area (Å²) in [6.45, 7) is 4.49. The average Bonchev–Trinajstić information content (AvgIpc) is 1.66. The van der Waals surface area contributed by atoms with Crippen LogP contribution in [0.4, 0.5) is 0 Å². The maximum Gasteiger partial charge on any atom is 0.303 e. The smallest absolute Gasteiger partial charge is 0.303 e. The molecular formula is C5H11NO2. The Morgan fingerprint density at radius 2 is 2.38 bits per heavy atom. The monoisotopic (exact) mass is 117 g/mol. The number of ether oxygens (including phenoxy) is 1. The van der Waals surface area contributed by atoms with Gasteiger partial charge in [-0.3, -0.25) is 10.1 Å². The van der Waals surface area contributed by atoms with Gasteiger partial charge < -0.3 is 4.74 Å². The first-order valence-corrected chi connectivity index (χ1v) is 2.61. The SMILES string of the molecule is CCNCOC(C)=O. The van der Waals surface area contributed by atoms with Gasteiger partial charge in [0.05, 0.1) is 0 Å². The first kappa shape index (κ1) is 7.43. The highest BCUT2D eigenvalue weighted by Gasteiger charge is 1.86. The van der Waals surface area contributed by atoms with Gasteiger partial charge in [0.2, 0.25) is 0 Å². The fourth-order valence-electron chi connectivity index (χ4n) is 0.255. The van der Waals surface area contributed by atoms with Crippen LogP contribution in [-0.2, 0) is 9.53 Å². The van der Waals surface area contributed by atoms with E-state index in [0.29, 0.717) is 6.73 Å². The average molecular weight is 117 g/mol. The second-order valence-corrected chi connectivity index (χ2v) is 1.38. The van der Waals surface area contributed by atoms with E-state index in [1.807, 2.05) is 6.92 Å². The van der Waals surface area contributed by atoms with Crippen LogP contribution in [0, 0.1) is 0 Å². The van der Waals surface area contributed by atoms with Crippen LogP contribution < -0.4 is 5.32 Å². The lowest BCUT2D eigenvalue weighted by Gasteiger charge is -1.99. The van der Waals surface area contributed by atoms with Gasteiger partial charge in [0.1, 0.15) is 6.73 Å². The summed E-state index contributed by atoms with van der Waals surface area (Å²) >= 11 is 0. The molecule has 0 saturated carbocycles. The van der Waals surface area contributed by atoms with Crippen molar-refractivity contribution in [2.24, 2.45) is 0 Å². The summed E-state index contributed by atoms with van der Waals surface area (Å²) in [5.41, 5.74) is 0. The van der Waals surface area contributed by atoms with Gasteiger partial charge in [-0.2, -0.15) is 0 Å². The van der Waals surface area contributed by atoms with Gasteiger partial charge in [-0.15, -0.1) is 0 Å². The molecular weight excluding hydrogens is 106 g/mol. The van der Waals surface area contributed by atoms with E-state index >= 15 is 0 Å². The standard InChI is InChI=1S/C5H11NO2/c1-3-6-4-8-5(2)7/h6H,3-4H2,1-2H3. The molecule has 0 aliphatic carbocycles. The quantitative estimate of drug-likeness (QED) is 0.324. The van der Waals surface area contributed by atoms with Crippen molar-refractivity contribution >= 4 is 5.97 Å². The molecule has 0 aliphatic heterocycles. The molecule has 0 spiro atoms. The summed E-state index contributed by atoms with van der Waals surface area (Å²) < 4.78 is 4.53. The molecule has 8 heavy (non-hydrogen) atoms. The first-order valence-electron chi connectivity index (χ1n) is 2.61. The Kier molecular flexibility index (Phi) is 4.26. The van der Waals surface area contributed by atoms with E-state index < -0.39 is 0 Å². The van der Waals surface area contributed by atoms with Crippen LogP contribution >= 0.6 is 0 Å². The summed E-state index contributed by atoms with van der Waals surface area (Å²) in [6, 6.07) is 0.